The Labute approximate surface area is 113 Å². The lowest BCUT2D eigenvalue weighted by molar-refractivity contribution is 0.646. The zero-order chi connectivity index (χ0) is 13.5. The molecule has 0 spiro atoms. The third-order valence-electron chi connectivity index (χ3n) is 3.89. The molecule has 1 aromatic carbocycles. The van der Waals surface area contributed by atoms with E-state index < -0.39 is 0 Å². The van der Waals surface area contributed by atoms with Crippen LogP contribution in [0.5, 0.6) is 0 Å². The minimum atomic E-state index is 0.0462. The quantitative estimate of drug-likeness (QED) is 0.915. The summed E-state index contributed by atoms with van der Waals surface area (Å²) in [5, 5.41) is 0. The van der Waals surface area contributed by atoms with Crippen LogP contribution >= 0.6 is 0 Å². The molecule has 0 unspecified atom stereocenters. The molecule has 0 bridgehead atoms. The van der Waals surface area contributed by atoms with E-state index in [1.165, 1.54) is 5.56 Å². The van der Waals surface area contributed by atoms with Crippen molar-refractivity contribution in [1.82, 2.24) is 9.97 Å². The van der Waals surface area contributed by atoms with Gasteiger partial charge in [0.05, 0.1) is 5.69 Å². The van der Waals surface area contributed by atoms with Crippen molar-refractivity contribution in [2.75, 3.05) is 6.54 Å². The molecule has 2 N–H and O–H groups in total. The van der Waals surface area contributed by atoms with Gasteiger partial charge in [0.2, 0.25) is 0 Å². The molecule has 3 rings (SSSR count). The number of rotatable bonds is 3. The molecule has 0 radical (unpaired) electrons. The summed E-state index contributed by atoms with van der Waals surface area (Å²) >= 11 is 0. The second kappa shape index (κ2) is 4.42. The highest BCUT2D eigenvalue weighted by Gasteiger charge is 2.46. The van der Waals surface area contributed by atoms with Crippen LogP contribution in [-0.4, -0.2) is 16.5 Å². The number of hydrogen-bond acceptors (Lipinski definition) is 3. The van der Waals surface area contributed by atoms with Gasteiger partial charge in [-0.3, -0.25) is 0 Å². The van der Waals surface area contributed by atoms with Gasteiger partial charge in [-0.05, 0) is 38.8 Å². The van der Waals surface area contributed by atoms with Crippen LogP contribution in [0.4, 0.5) is 0 Å². The van der Waals surface area contributed by atoms with Crippen LogP contribution in [0, 0.1) is 13.8 Å². The number of nitrogens with zero attached hydrogens (tertiary/aromatic N) is 2. The number of aromatic nitrogens is 2. The molecule has 1 fully saturated rings. The Bertz CT molecular complexity index is 615. The average molecular weight is 253 g/mol. The standard InChI is InChI=1S/C16H19N3/c1-11-4-3-5-13(8-11)14-9-12(2)18-15(19-14)16(10-17)6-7-16/h3-5,8-9H,6-7,10,17H2,1-2H3. The van der Waals surface area contributed by atoms with E-state index in [4.69, 9.17) is 10.7 Å². The van der Waals surface area contributed by atoms with Crippen molar-refractivity contribution >= 4 is 0 Å². The molecule has 3 heteroatoms. The minimum Gasteiger partial charge on any atom is -0.329 e. The summed E-state index contributed by atoms with van der Waals surface area (Å²) in [5.41, 5.74) is 10.3. The zero-order valence-electron chi connectivity index (χ0n) is 11.5. The van der Waals surface area contributed by atoms with E-state index in [1.54, 1.807) is 0 Å². The zero-order valence-corrected chi connectivity index (χ0v) is 11.5. The SMILES string of the molecule is Cc1cccc(-c2cc(C)nc(C3(CN)CC3)n2)c1. The topological polar surface area (TPSA) is 51.8 Å². The monoisotopic (exact) mass is 253 g/mol. The Morgan fingerprint density at radius 3 is 2.58 bits per heavy atom. The van der Waals surface area contributed by atoms with Gasteiger partial charge >= 0.3 is 0 Å². The van der Waals surface area contributed by atoms with Crippen LogP contribution in [0.15, 0.2) is 30.3 Å². The summed E-state index contributed by atoms with van der Waals surface area (Å²) < 4.78 is 0. The summed E-state index contributed by atoms with van der Waals surface area (Å²) in [6.07, 6.45) is 2.22. The third-order valence-corrected chi connectivity index (χ3v) is 3.89. The molecular weight excluding hydrogens is 234 g/mol. The molecular formula is C16H19N3. The lowest BCUT2D eigenvalue weighted by atomic mass is 10.0. The second-order valence-electron chi connectivity index (χ2n) is 5.57. The third kappa shape index (κ3) is 2.26. The first-order valence-electron chi connectivity index (χ1n) is 6.76. The molecule has 3 nitrogen and oxygen atoms in total. The van der Waals surface area contributed by atoms with Gasteiger partial charge in [-0.1, -0.05) is 23.8 Å². The van der Waals surface area contributed by atoms with Gasteiger partial charge in [0, 0.05) is 23.2 Å². The molecule has 2 aromatic rings. The Hall–Kier alpha value is -1.74. The van der Waals surface area contributed by atoms with Gasteiger partial charge in [0.1, 0.15) is 5.82 Å². The van der Waals surface area contributed by atoms with Gasteiger partial charge in [-0.25, -0.2) is 9.97 Å². The highest BCUT2D eigenvalue weighted by atomic mass is 14.9. The van der Waals surface area contributed by atoms with Crippen LogP contribution in [0.1, 0.15) is 29.9 Å². The van der Waals surface area contributed by atoms with Crippen LogP contribution in [0.2, 0.25) is 0 Å². The number of aryl methyl sites for hydroxylation is 2. The molecule has 0 amide bonds. The highest BCUT2D eigenvalue weighted by molar-refractivity contribution is 5.60. The minimum absolute atomic E-state index is 0.0462. The summed E-state index contributed by atoms with van der Waals surface area (Å²) in [6, 6.07) is 10.5. The van der Waals surface area contributed by atoms with Crippen LogP contribution in [-0.2, 0) is 5.41 Å². The molecule has 1 saturated carbocycles. The van der Waals surface area contributed by atoms with Crippen molar-refractivity contribution in [2.24, 2.45) is 5.73 Å². The Balaban J connectivity index is 2.08. The van der Waals surface area contributed by atoms with Crippen molar-refractivity contribution in [1.29, 1.82) is 0 Å². The number of benzene rings is 1. The molecule has 0 aliphatic heterocycles. The van der Waals surface area contributed by atoms with Gasteiger partial charge in [-0.15, -0.1) is 0 Å². The van der Waals surface area contributed by atoms with Crippen molar-refractivity contribution in [3.05, 3.63) is 47.4 Å². The van der Waals surface area contributed by atoms with Crippen LogP contribution in [0.3, 0.4) is 0 Å². The van der Waals surface area contributed by atoms with Crippen LogP contribution < -0.4 is 5.73 Å². The highest BCUT2D eigenvalue weighted by Crippen LogP contribution is 2.45. The van der Waals surface area contributed by atoms with Crippen molar-refractivity contribution < 1.29 is 0 Å². The molecule has 1 heterocycles. The molecule has 98 valence electrons. The number of hydrogen-bond donors (Lipinski definition) is 1. The summed E-state index contributed by atoms with van der Waals surface area (Å²) in [6.45, 7) is 4.77. The van der Waals surface area contributed by atoms with Crippen molar-refractivity contribution in [3.63, 3.8) is 0 Å². The first-order chi connectivity index (χ1) is 9.13. The first-order valence-corrected chi connectivity index (χ1v) is 6.76. The maximum Gasteiger partial charge on any atom is 0.136 e. The van der Waals surface area contributed by atoms with Gasteiger partial charge < -0.3 is 5.73 Å². The largest absolute Gasteiger partial charge is 0.329 e. The van der Waals surface area contributed by atoms with E-state index in [0.29, 0.717) is 6.54 Å². The van der Waals surface area contributed by atoms with Crippen molar-refractivity contribution in [3.8, 4) is 11.3 Å². The summed E-state index contributed by atoms with van der Waals surface area (Å²) in [5.74, 6) is 0.923. The van der Waals surface area contributed by atoms with E-state index in [0.717, 1.165) is 35.6 Å². The van der Waals surface area contributed by atoms with Gasteiger partial charge in [0.25, 0.3) is 0 Å². The lowest BCUT2D eigenvalue weighted by Crippen LogP contribution is -2.23. The molecule has 0 atom stereocenters. The predicted octanol–water partition coefficient (Wildman–Crippen LogP) is 2.75. The molecule has 1 aliphatic carbocycles. The Morgan fingerprint density at radius 2 is 1.95 bits per heavy atom. The lowest BCUT2D eigenvalue weighted by Gasteiger charge is -2.13. The smallest absolute Gasteiger partial charge is 0.136 e. The fraction of sp³-hybridized carbons (Fsp3) is 0.375. The number of nitrogens with two attached hydrogens (primary N) is 1. The van der Waals surface area contributed by atoms with Gasteiger partial charge in [0.15, 0.2) is 0 Å². The van der Waals surface area contributed by atoms with E-state index in [1.807, 2.05) is 13.0 Å². The first kappa shape index (κ1) is 12.3. The van der Waals surface area contributed by atoms with Crippen LogP contribution in [0.25, 0.3) is 11.3 Å². The Morgan fingerprint density at radius 1 is 1.16 bits per heavy atom. The summed E-state index contributed by atoms with van der Waals surface area (Å²) in [4.78, 5) is 9.35. The average Bonchev–Trinajstić information content (AvgIpc) is 3.19. The molecule has 19 heavy (non-hydrogen) atoms. The maximum absolute atomic E-state index is 5.88. The van der Waals surface area contributed by atoms with Crippen molar-refractivity contribution in [2.45, 2.75) is 32.1 Å². The molecule has 1 aliphatic rings. The van der Waals surface area contributed by atoms with Gasteiger partial charge in [-0.2, -0.15) is 0 Å². The van der Waals surface area contributed by atoms with E-state index in [9.17, 15) is 0 Å². The molecule has 1 aromatic heterocycles. The normalized spacial score (nSPS) is 16.4. The predicted molar refractivity (Wildman–Crippen MR) is 76.9 cm³/mol. The van der Waals surface area contributed by atoms with E-state index in [2.05, 4.69) is 36.2 Å². The second-order valence-corrected chi connectivity index (χ2v) is 5.57. The molecule has 0 saturated heterocycles. The van der Waals surface area contributed by atoms with E-state index in [-0.39, 0.29) is 5.41 Å². The summed E-state index contributed by atoms with van der Waals surface area (Å²) in [7, 11) is 0. The Kier molecular flexibility index (Phi) is 2.86. The van der Waals surface area contributed by atoms with E-state index >= 15 is 0 Å². The fourth-order valence-corrected chi connectivity index (χ4v) is 2.43. The maximum atomic E-state index is 5.88. The fourth-order valence-electron chi connectivity index (χ4n) is 2.43.